The Morgan fingerprint density at radius 3 is 2.18 bits per heavy atom. The van der Waals surface area contributed by atoms with Crippen molar-refractivity contribution in [2.45, 2.75) is 113 Å². The van der Waals surface area contributed by atoms with E-state index >= 15 is 4.39 Å². The summed E-state index contributed by atoms with van der Waals surface area (Å²) in [7, 11) is 1.39. The quantitative estimate of drug-likeness (QED) is 0.285. The van der Waals surface area contributed by atoms with Crippen molar-refractivity contribution in [1.29, 1.82) is 0 Å². The second-order valence-corrected chi connectivity index (χ2v) is 18.5. The van der Waals surface area contributed by atoms with Crippen LogP contribution in [0, 0.1) is 62.6 Å². The minimum absolute atomic E-state index is 0.0207. The van der Waals surface area contributed by atoms with Crippen LogP contribution in [0.2, 0.25) is 0 Å². The van der Waals surface area contributed by atoms with Gasteiger partial charge in [0.2, 0.25) is 0 Å². The average Bonchev–Trinajstić information content (AvgIpc) is 3.51. The molecule has 50 heavy (non-hydrogen) atoms. The lowest BCUT2D eigenvalue weighted by Gasteiger charge is -2.72. The second kappa shape index (κ2) is 12.3. The van der Waals surface area contributed by atoms with Gasteiger partial charge in [-0.2, -0.15) is 0 Å². The molecule has 0 heterocycles. The van der Waals surface area contributed by atoms with Crippen LogP contribution in [0.5, 0.6) is 0 Å². The van der Waals surface area contributed by atoms with Gasteiger partial charge in [0.05, 0.1) is 18.1 Å². The van der Waals surface area contributed by atoms with Gasteiger partial charge in [0.15, 0.2) is 0 Å². The first-order valence-electron chi connectivity index (χ1n) is 19.4. The number of hydrogen-bond acceptors (Lipinski definition) is 4. The number of hydrogen-bond donors (Lipinski definition) is 0. The topological polar surface area (TPSA) is 52.6 Å². The number of rotatable bonds is 6. The standard InChI is InChI=1S/C45H59FO4/c1-28(2)32-20-23-45(40(48)50-27-29-12-10-9-11-13-29)25-24-42(5)33(38(32)45)18-19-36-43(42,6)22-21-35-41(3,4)34(26-37(46)44(35,36)7)30-14-16-31(17-15-30)39(47)49-8/h9-17,26,28,32-33,35-38H,18-25,27H2,1-8H3/t32-,33+,35-,36-,37?,38+,42+,43+,44-,45-/m0/s1. The lowest BCUT2D eigenvalue weighted by atomic mass is 9.32. The van der Waals surface area contributed by atoms with Crippen LogP contribution in [0.1, 0.15) is 121 Å². The van der Waals surface area contributed by atoms with E-state index in [-0.39, 0.29) is 40.0 Å². The summed E-state index contributed by atoms with van der Waals surface area (Å²) >= 11 is 0. The van der Waals surface area contributed by atoms with Crippen LogP contribution in [0.3, 0.4) is 0 Å². The molecule has 0 spiro atoms. The summed E-state index contributed by atoms with van der Waals surface area (Å²) in [5.74, 6) is 1.83. The SMILES string of the molecule is COC(=O)c1ccc(C2=CC(F)[C@]3(C)[C@H]4CC[C@@H]5[C@H]6[C@H](C(C)C)CC[C@]6(C(=O)OCc6ccccc6)CC[C@@]5(C)[C@]4(C)CC[C@H]3C2(C)C)cc1. The summed E-state index contributed by atoms with van der Waals surface area (Å²) in [4.78, 5) is 26.5. The number of allylic oxidation sites excluding steroid dienone is 2. The number of esters is 2. The van der Waals surface area contributed by atoms with Crippen molar-refractivity contribution in [1.82, 2.24) is 0 Å². The van der Waals surface area contributed by atoms with E-state index in [2.05, 4.69) is 48.5 Å². The maximum Gasteiger partial charge on any atom is 0.337 e. The number of halogens is 1. The van der Waals surface area contributed by atoms with Crippen molar-refractivity contribution in [3.63, 3.8) is 0 Å². The summed E-state index contributed by atoms with van der Waals surface area (Å²) in [5.41, 5.74) is 2.43. The number of benzene rings is 2. The summed E-state index contributed by atoms with van der Waals surface area (Å²) in [6.07, 6.45) is 8.89. The molecule has 4 fully saturated rings. The van der Waals surface area contributed by atoms with Crippen molar-refractivity contribution in [2.75, 3.05) is 7.11 Å². The van der Waals surface area contributed by atoms with Crippen molar-refractivity contribution in [2.24, 2.45) is 62.6 Å². The molecule has 5 aliphatic rings. The van der Waals surface area contributed by atoms with Gasteiger partial charge in [0, 0.05) is 5.41 Å². The van der Waals surface area contributed by atoms with E-state index in [9.17, 15) is 9.59 Å². The van der Waals surface area contributed by atoms with E-state index in [1.807, 2.05) is 48.5 Å². The predicted molar refractivity (Wildman–Crippen MR) is 197 cm³/mol. The molecule has 1 unspecified atom stereocenters. The van der Waals surface area contributed by atoms with Crippen LogP contribution in [0.4, 0.5) is 4.39 Å². The number of methoxy groups -OCH3 is 1. The fourth-order valence-corrected chi connectivity index (χ4v) is 13.5. The fraction of sp³-hybridized carbons (Fsp3) is 0.644. The molecule has 0 N–H and O–H groups in total. The van der Waals surface area contributed by atoms with Gasteiger partial charge in [0.25, 0.3) is 0 Å². The Kier molecular flexibility index (Phi) is 8.74. The van der Waals surface area contributed by atoms with Gasteiger partial charge in [0.1, 0.15) is 12.8 Å². The van der Waals surface area contributed by atoms with Gasteiger partial charge in [-0.05, 0) is 138 Å². The molecule has 0 saturated heterocycles. The Bertz CT molecular complexity index is 1640. The first-order chi connectivity index (χ1) is 23.6. The number of carbonyl (C=O) groups excluding carboxylic acids is 2. The van der Waals surface area contributed by atoms with Crippen LogP contribution < -0.4 is 0 Å². The molecular weight excluding hydrogens is 623 g/mol. The normalized spacial score (nSPS) is 40.1. The van der Waals surface area contributed by atoms with Crippen LogP contribution in [0.25, 0.3) is 5.57 Å². The zero-order valence-electron chi connectivity index (χ0n) is 31.7. The van der Waals surface area contributed by atoms with Gasteiger partial charge >= 0.3 is 11.9 Å². The van der Waals surface area contributed by atoms with Gasteiger partial charge < -0.3 is 9.47 Å². The predicted octanol–water partition coefficient (Wildman–Crippen LogP) is 10.9. The molecule has 0 amide bonds. The smallest absolute Gasteiger partial charge is 0.337 e. The second-order valence-electron chi connectivity index (χ2n) is 18.5. The Balaban J connectivity index is 1.21. The largest absolute Gasteiger partial charge is 0.465 e. The lowest BCUT2D eigenvalue weighted by molar-refractivity contribution is -0.240. The third-order valence-electron chi connectivity index (χ3n) is 16.2. The maximum atomic E-state index is 17.3. The highest BCUT2D eigenvalue weighted by Gasteiger charge is 2.73. The fourth-order valence-electron chi connectivity index (χ4n) is 13.5. The number of carbonyl (C=O) groups is 2. The third-order valence-corrected chi connectivity index (χ3v) is 16.2. The highest BCUT2D eigenvalue weighted by molar-refractivity contribution is 5.90. The van der Waals surface area contributed by atoms with E-state index in [4.69, 9.17) is 9.47 Å². The Morgan fingerprint density at radius 1 is 0.820 bits per heavy atom. The molecule has 0 bridgehead atoms. The third kappa shape index (κ3) is 4.94. The molecule has 2 aromatic rings. The Morgan fingerprint density at radius 2 is 1.52 bits per heavy atom. The molecule has 0 aliphatic heterocycles. The average molecular weight is 683 g/mol. The Labute approximate surface area is 300 Å². The molecular formula is C45H59FO4. The van der Waals surface area contributed by atoms with Crippen LogP contribution in [-0.2, 0) is 20.9 Å². The molecule has 4 saturated carbocycles. The molecule has 0 aromatic heterocycles. The molecule has 4 nitrogen and oxygen atoms in total. The number of ether oxygens (including phenoxy) is 2. The first-order valence-corrected chi connectivity index (χ1v) is 19.4. The molecule has 10 atom stereocenters. The highest BCUT2D eigenvalue weighted by Crippen LogP contribution is 2.78. The van der Waals surface area contributed by atoms with Crippen molar-refractivity contribution < 1.29 is 23.5 Å². The van der Waals surface area contributed by atoms with Crippen molar-refractivity contribution in [3.05, 3.63) is 77.4 Å². The zero-order chi connectivity index (χ0) is 35.9. The monoisotopic (exact) mass is 682 g/mol. The van der Waals surface area contributed by atoms with Gasteiger partial charge in [-0.25, -0.2) is 9.18 Å². The van der Waals surface area contributed by atoms with Crippen molar-refractivity contribution >= 4 is 17.5 Å². The number of alkyl halides is 1. The molecule has 5 aliphatic carbocycles. The summed E-state index contributed by atoms with van der Waals surface area (Å²) in [6, 6.07) is 17.6. The van der Waals surface area contributed by atoms with Crippen molar-refractivity contribution in [3.8, 4) is 0 Å². The summed E-state index contributed by atoms with van der Waals surface area (Å²) in [5, 5.41) is 0. The molecule has 270 valence electrons. The van der Waals surface area contributed by atoms with E-state index in [1.165, 1.54) is 7.11 Å². The van der Waals surface area contributed by atoms with Gasteiger partial charge in [-0.1, -0.05) is 90.9 Å². The van der Waals surface area contributed by atoms with Crippen LogP contribution >= 0.6 is 0 Å². The molecule has 7 rings (SSSR count). The van der Waals surface area contributed by atoms with Crippen LogP contribution in [-0.4, -0.2) is 25.2 Å². The van der Waals surface area contributed by atoms with Gasteiger partial charge in [-0.15, -0.1) is 0 Å². The molecule has 2 aromatic carbocycles. The summed E-state index contributed by atoms with van der Waals surface area (Å²) in [6.45, 7) is 17.0. The summed E-state index contributed by atoms with van der Waals surface area (Å²) < 4.78 is 28.4. The van der Waals surface area contributed by atoms with E-state index in [0.29, 0.717) is 35.8 Å². The maximum absolute atomic E-state index is 17.3. The van der Waals surface area contributed by atoms with E-state index < -0.39 is 17.0 Å². The highest BCUT2D eigenvalue weighted by atomic mass is 19.1. The minimum Gasteiger partial charge on any atom is -0.465 e. The minimum atomic E-state index is -1.06. The zero-order valence-corrected chi connectivity index (χ0v) is 31.7. The molecule has 0 radical (unpaired) electrons. The van der Waals surface area contributed by atoms with E-state index in [1.54, 1.807) is 12.1 Å². The lowest BCUT2D eigenvalue weighted by Crippen LogP contribution is -2.67. The molecule has 5 heteroatoms. The van der Waals surface area contributed by atoms with Crippen LogP contribution in [0.15, 0.2) is 60.7 Å². The van der Waals surface area contributed by atoms with Gasteiger partial charge in [-0.3, -0.25) is 4.79 Å². The number of fused-ring (bicyclic) bond motifs is 7. The Hall–Kier alpha value is -2.95. The van der Waals surface area contributed by atoms with E-state index in [0.717, 1.165) is 68.1 Å². The first kappa shape index (κ1) is 35.5.